The van der Waals surface area contributed by atoms with E-state index >= 15 is 0 Å². The molecule has 0 radical (unpaired) electrons. The molecule has 0 aliphatic heterocycles. The lowest BCUT2D eigenvalue weighted by atomic mass is 9.66. The van der Waals surface area contributed by atoms with E-state index in [1.807, 2.05) is 32.0 Å². The number of carbonyl (C=O) groups excluding carboxylic acids is 2. The largest absolute Gasteiger partial charge is 0.468 e. The molecule has 1 aliphatic carbocycles. The molecule has 0 amide bonds. The first-order chi connectivity index (χ1) is 10.5. The number of aryl methyl sites for hydroxylation is 2. The van der Waals surface area contributed by atoms with Crippen molar-refractivity contribution in [1.29, 1.82) is 0 Å². The quantitative estimate of drug-likeness (QED) is 0.617. The predicted molar refractivity (Wildman–Crippen MR) is 80.2 cm³/mol. The van der Waals surface area contributed by atoms with E-state index in [4.69, 9.17) is 14.2 Å². The first-order valence-corrected chi connectivity index (χ1v) is 7.31. The third kappa shape index (κ3) is 2.61. The fourth-order valence-corrected chi connectivity index (χ4v) is 2.95. The summed E-state index contributed by atoms with van der Waals surface area (Å²) in [6.07, 6.45) is 0.519. The molecule has 0 bridgehead atoms. The molecule has 0 heterocycles. The van der Waals surface area contributed by atoms with Gasteiger partial charge in [-0.25, -0.2) is 0 Å². The fraction of sp³-hybridized carbons (Fsp3) is 0.529. The Morgan fingerprint density at radius 1 is 1.14 bits per heavy atom. The Bertz CT molecular complexity index is 542. The zero-order valence-corrected chi connectivity index (χ0v) is 13.5. The van der Waals surface area contributed by atoms with E-state index in [9.17, 15) is 9.59 Å². The predicted octanol–water partition coefficient (Wildman–Crippen LogP) is 2.31. The molecule has 5 nitrogen and oxygen atoms in total. The van der Waals surface area contributed by atoms with Crippen LogP contribution in [0.3, 0.4) is 0 Å². The molecule has 0 saturated heterocycles. The van der Waals surface area contributed by atoms with Crippen molar-refractivity contribution in [2.75, 3.05) is 14.2 Å². The van der Waals surface area contributed by atoms with Crippen LogP contribution in [0.4, 0.5) is 0 Å². The summed E-state index contributed by atoms with van der Waals surface area (Å²) in [4.78, 5) is 24.1. The van der Waals surface area contributed by atoms with Gasteiger partial charge in [-0.15, -0.1) is 0 Å². The number of esters is 2. The van der Waals surface area contributed by atoms with Gasteiger partial charge in [-0.3, -0.25) is 9.59 Å². The summed E-state index contributed by atoms with van der Waals surface area (Å²) in [5.41, 5.74) is 2.01. The smallest absolute Gasteiger partial charge is 0.325 e. The Hall–Kier alpha value is -1.88. The molecule has 5 heteroatoms. The average Bonchev–Trinajstić information content (AvgIpc) is 2.49. The van der Waals surface area contributed by atoms with E-state index in [-0.39, 0.29) is 0 Å². The molecule has 0 aromatic heterocycles. The van der Waals surface area contributed by atoms with Crippen LogP contribution in [-0.4, -0.2) is 32.3 Å². The van der Waals surface area contributed by atoms with Crippen molar-refractivity contribution in [1.82, 2.24) is 0 Å². The lowest BCUT2D eigenvalue weighted by Crippen LogP contribution is -2.58. The van der Waals surface area contributed by atoms with E-state index < -0.39 is 23.5 Å². The average molecular weight is 306 g/mol. The number of carbonyl (C=O) groups is 2. The molecule has 1 unspecified atom stereocenters. The summed E-state index contributed by atoms with van der Waals surface area (Å²) in [5, 5.41) is 0. The minimum Gasteiger partial charge on any atom is -0.468 e. The van der Waals surface area contributed by atoms with Gasteiger partial charge in [0.1, 0.15) is 0 Å². The molecule has 2 rings (SSSR count). The summed E-state index contributed by atoms with van der Waals surface area (Å²) in [5.74, 6) is -1.17. The van der Waals surface area contributed by atoms with Gasteiger partial charge in [0.25, 0.3) is 0 Å². The van der Waals surface area contributed by atoms with Crippen LogP contribution in [0.2, 0.25) is 0 Å². The Kier molecular flexibility index (Phi) is 4.86. The lowest BCUT2D eigenvalue weighted by Gasteiger charge is -2.43. The molecule has 120 valence electrons. The van der Waals surface area contributed by atoms with Crippen LogP contribution < -0.4 is 0 Å². The van der Waals surface area contributed by atoms with E-state index in [0.717, 1.165) is 16.7 Å². The molecule has 0 N–H and O–H groups in total. The molecule has 22 heavy (non-hydrogen) atoms. The lowest BCUT2D eigenvalue weighted by molar-refractivity contribution is -0.199. The maximum absolute atomic E-state index is 12.1. The van der Waals surface area contributed by atoms with Gasteiger partial charge >= 0.3 is 11.9 Å². The number of benzene rings is 1. The van der Waals surface area contributed by atoms with Gasteiger partial charge in [-0.1, -0.05) is 18.2 Å². The van der Waals surface area contributed by atoms with Crippen molar-refractivity contribution in [3.8, 4) is 0 Å². The molecule has 1 saturated carbocycles. The zero-order chi connectivity index (χ0) is 16.3. The normalized spacial score (nSPS) is 19.2. The van der Waals surface area contributed by atoms with E-state index in [2.05, 4.69) is 0 Å². The molecule has 0 spiro atoms. The van der Waals surface area contributed by atoms with Crippen molar-refractivity contribution in [2.45, 2.75) is 39.4 Å². The number of rotatable bonds is 5. The Balaban J connectivity index is 2.15. The summed E-state index contributed by atoms with van der Waals surface area (Å²) in [7, 11) is 2.54. The second-order valence-corrected chi connectivity index (χ2v) is 5.66. The van der Waals surface area contributed by atoms with Crippen molar-refractivity contribution >= 4 is 11.9 Å². The minimum atomic E-state index is -1.32. The highest BCUT2D eigenvalue weighted by Gasteiger charge is 2.61. The Morgan fingerprint density at radius 2 is 1.68 bits per heavy atom. The fourth-order valence-electron chi connectivity index (χ4n) is 2.95. The van der Waals surface area contributed by atoms with Crippen LogP contribution in [0, 0.1) is 19.3 Å². The first-order valence-electron chi connectivity index (χ1n) is 7.31. The topological polar surface area (TPSA) is 61.8 Å². The molecule has 1 aliphatic rings. The van der Waals surface area contributed by atoms with Gasteiger partial charge in [0.05, 0.1) is 26.9 Å². The zero-order valence-electron chi connectivity index (χ0n) is 13.5. The summed E-state index contributed by atoms with van der Waals surface area (Å²) >= 11 is 0. The van der Waals surface area contributed by atoms with E-state index in [1.165, 1.54) is 14.2 Å². The number of ether oxygens (including phenoxy) is 3. The van der Waals surface area contributed by atoms with Crippen LogP contribution in [0.25, 0.3) is 0 Å². The maximum atomic E-state index is 12.1. The molecule has 1 fully saturated rings. The van der Waals surface area contributed by atoms with Crippen molar-refractivity contribution in [2.24, 2.45) is 5.41 Å². The number of hydrogen-bond acceptors (Lipinski definition) is 5. The van der Waals surface area contributed by atoms with Crippen molar-refractivity contribution < 1.29 is 23.8 Å². The monoisotopic (exact) mass is 306 g/mol. The van der Waals surface area contributed by atoms with Crippen molar-refractivity contribution in [3.63, 3.8) is 0 Å². The van der Waals surface area contributed by atoms with Crippen LogP contribution in [-0.2, 0) is 30.4 Å². The van der Waals surface area contributed by atoms with E-state index in [1.54, 1.807) is 0 Å². The van der Waals surface area contributed by atoms with Gasteiger partial charge in [-0.05, 0) is 43.4 Å². The highest BCUT2D eigenvalue weighted by Crippen LogP contribution is 2.46. The van der Waals surface area contributed by atoms with Crippen LogP contribution in [0.15, 0.2) is 18.2 Å². The Morgan fingerprint density at radius 3 is 2.09 bits per heavy atom. The SMILES string of the molecule is COC(=O)C1(C(=O)OC)CCC1OCc1c(C)cccc1C. The molecule has 1 aromatic rings. The van der Waals surface area contributed by atoms with Gasteiger partial charge < -0.3 is 14.2 Å². The number of methoxy groups -OCH3 is 2. The highest BCUT2D eigenvalue weighted by molar-refractivity contribution is 6.02. The van der Waals surface area contributed by atoms with E-state index in [0.29, 0.717) is 19.4 Å². The summed E-state index contributed by atoms with van der Waals surface area (Å²) in [6.45, 7) is 4.39. The second kappa shape index (κ2) is 6.48. The van der Waals surface area contributed by atoms with Gasteiger partial charge in [0, 0.05) is 0 Å². The maximum Gasteiger partial charge on any atom is 0.325 e. The van der Waals surface area contributed by atoms with Gasteiger partial charge in [0.15, 0.2) is 5.41 Å². The summed E-state index contributed by atoms with van der Waals surface area (Å²) < 4.78 is 15.5. The second-order valence-electron chi connectivity index (χ2n) is 5.66. The molecule has 1 atom stereocenters. The van der Waals surface area contributed by atoms with Gasteiger partial charge in [-0.2, -0.15) is 0 Å². The van der Waals surface area contributed by atoms with Crippen LogP contribution >= 0.6 is 0 Å². The Labute approximate surface area is 130 Å². The minimum absolute atomic E-state index is 0.360. The first kappa shape index (κ1) is 16.5. The highest BCUT2D eigenvalue weighted by atomic mass is 16.6. The number of hydrogen-bond donors (Lipinski definition) is 0. The molecular formula is C17H22O5. The van der Waals surface area contributed by atoms with Crippen LogP contribution in [0.5, 0.6) is 0 Å². The third-order valence-electron chi connectivity index (χ3n) is 4.52. The standard InChI is InChI=1S/C17H22O5/c1-11-6-5-7-12(2)13(11)10-22-14-8-9-17(14,15(18)20-3)16(19)21-4/h5-7,14H,8-10H2,1-4H3. The van der Waals surface area contributed by atoms with Crippen molar-refractivity contribution in [3.05, 3.63) is 34.9 Å². The molecular weight excluding hydrogens is 284 g/mol. The summed E-state index contributed by atoms with van der Waals surface area (Å²) in [6, 6.07) is 6.02. The van der Waals surface area contributed by atoms with Crippen LogP contribution in [0.1, 0.15) is 29.5 Å². The van der Waals surface area contributed by atoms with Gasteiger partial charge in [0.2, 0.25) is 0 Å². The molecule has 1 aromatic carbocycles. The third-order valence-corrected chi connectivity index (χ3v) is 4.52.